The molecule has 3 aromatic rings. The molecule has 0 saturated carbocycles. The lowest BCUT2D eigenvalue weighted by Crippen LogP contribution is -2.35. The number of carbonyl (C=O) groups is 2. The molecular weight excluding hydrogens is 548 g/mol. The van der Waals surface area contributed by atoms with Crippen molar-refractivity contribution < 1.29 is 29.1 Å². The van der Waals surface area contributed by atoms with E-state index in [4.69, 9.17) is 9.47 Å². The summed E-state index contributed by atoms with van der Waals surface area (Å²) in [4.78, 5) is 39.4. The summed E-state index contributed by atoms with van der Waals surface area (Å²) in [6, 6.07) is 22.8. The first-order valence-corrected chi connectivity index (χ1v) is 14.4. The Balaban J connectivity index is 1.28. The molecule has 220 valence electrons. The molecule has 9 heteroatoms. The summed E-state index contributed by atoms with van der Waals surface area (Å²) >= 11 is 0. The average Bonchev–Trinajstić information content (AvgIpc) is 3.55. The molecule has 43 heavy (non-hydrogen) atoms. The van der Waals surface area contributed by atoms with E-state index in [9.17, 15) is 24.8 Å². The maximum absolute atomic E-state index is 13.8. The van der Waals surface area contributed by atoms with Gasteiger partial charge in [-0.2, -0.15) is 0 Å². The molecule has 6 rings (SSSR count). The van der Waals surface area contributed by atoms with Gasteiger partial charge in [-0.3, -0.25) is 19.7 Å². The number of nitro groups is 1. The molecule has 4 atom stereocenters. The van der Waals surface area contributed by atoms with Crippen molar-refractivity contribution in [1.29, 1.82) is 0 Å². The number of amides is 2. The first-order valence-electron chi connectivity index (χ1n) is 14.4. The second-order valence-electron chi connectivity index (χ2n) is 11.2. The maximum atomic E-state index is 13.8. The zero-order chi connectivity index (χ0) is 30.1. The van der Waals surface area contributed by atoms with E-state index in [1.165, 1.54) is 18.2 Å². The lowest BCUT2D eigenvalue weighted by Gasteiger charge is -2.31. The Morgan fingerprint density at radius 3 is 2.53 bits per heavy atom. The largest absolute Gasteiger partial charge is 0.508 e. The van der Waals surface area contributed by atoms with Crippen LogP contribution >= 0.6 is 0 Å². The van der Waals surface area contributed by atoms with Crippen molar-refractivity contribution >= 4 is 34.8 Å². The number of ether oxygens (including phenoxy) is 2. The standard InChI is InChI=1S/C34H32N2O7/c1-42-19-24-17-28-32(34(39)35(33(28)38)25-8-5-9-26(18-25)36(40)41)29-20-43-30(31(24)29)15-12-23(22-6-3-2-4-7-22)16-21-10-13-27(37)14-11-21/h2-11,13-14,16,18,28-30,32,37H,12,15,17,19-20H2,1H3/b23-16-/t28-,29+,30-,32-/m1/s1. The summed E-state index contributed by atoms with van der Waals surface area (Å²) in [5.41, 5.74) is 5.25. The number of hydrogen-bond acceptors (Lipinski definition) is 7. The first kappa shape index (κ1) is 28.5. The summed E-state index contributed by atoms with van der Waals surface area (Å²) in [5, 5.41) is 21.1. The van der Waals surface area contributed by atoms with Gasteiger partial charge in [-0.15, -0.1) is 0 Å². The van der Waals surface area contributed by atoms with E-state index in [0.717, 1.165) is 32.7 Å². The van der Waals surface area contributed by atoms with Crippen molar-refractivity contribution in [2.75, 3.05) is 25.2 Å². The van der Waals surface area contributed by atoms with E-state index in [2.05, 4.69) is 18.2 Å². The van der Waals surface area contributed by atoms with Gasteiger partial charge in [0.2, 0.25) is 11.8 Å². The SMILES string of the molecule is COCC1=C2[C@@H](CC/C(=C/c3ccc(O)cc3)c3ccccc3)OC[C@@H]2[C@@H]2C(=O)N(c3cccc([N+](=O)[O-])c3)C(=O)[C@@H]2C1. The molecule has 9 nitrogen and oxygen atoms in total. The zero-order valence-electron chi connectivity index (χ0n) is 23.7. The molecule has 2 aliphatic heterocycles. The second kappa shape index (κ2) is 11.9. The van der Waals surface area contributed by atoms with E-state index in [1.807, 2.05) is 30.3 Å². The van der Waals surface area contributed by atoms with Gasteiger partial charge in [-0.05, 0) is 65.3 Å². The Morgan fingerprint density at radius 2 is 1.81 bits per heavy atom. The Labute approximate surface area is 249 Å². The van der Waals surface area contributed by atoms with Crippen LogP contribution in [0.4, 0.5) is 11.4 Å². The minimum Gasteiger partial charge on any atom is -0.508 e. The van der Waals surface area contributed by atoms with Gasteiger partial charge in [-0.25, -0.2) is 4.90 Å². The fourth-order valence-corrected chi connectivity index (χ4v) is 6.79. The summed E-state index contributed by atoms with van der Waals surface area (Å²) < 4.78 is 11.9. The zero-order valence-corrected chi connectivity index (χ0v) is 23.7. The van der Waals surface area contributed by atoms with Crippen molar-refractivity contribution in [1.82, 2.24) is 0 Å². The third kappa shape index (κ3) is 5.49. The number of carbonyl (C=O) groups excluding carboxylic acids is 2. The number of nitro benzene ring substituents is 1. The lowest BCUT2D eigenvalue weighted by atomic mass is 9.69. The molecule has 0 bridgehead atoms. The van der Waals surface area contributed by atoms with Gasteiger partial charge >= 0.3 is 0 Å². The van der Waals surface area contributed by atoms with Crippen LogP contribution in [0.3, 0.4) is 0 Å². The summed E-state index contributed by atoms with van der Waals surface area (Å²) in [6.45, 7) is 0.653. The number of nitrogens with zero attached hydrogens (tertiary/aromatic N) is 2. The van der Waals surface area contributed by atoms with E-state index in [-0.39, 0.29) is 41.0 Å². The molecule has 0 aromatic heterocycles. The van der Waals surface area contributed by atoms with Crippen LogP contribution in [0.25, 0.3) is 11.6 Å². The number of phenolic OH excluding ortho intramolecular Hbond substituents is 1. The first-order chi connectivity index (χ1) is 20.9. The monoisotopic (exact) mass is 580 g/mol. The number of imide groups is 1. The number of hydrogen-bond donors (Lipinski definition) is 1. The molecule has 0 spiro atoms. The fraction of sp³-hybridized carbons (Fsp3) is 0.294. The smallest absolute Gasteiger partial charge is 0.271 e. The third-order valence-corrected chi connectivity index (χ3v) is 8.68. The highest BCUT2D eigenvalue weighted by molar-refractivity contribution is 6.22. The van der Waals surface area contributed by atoms with Crippen molar-refractivity contribution in [3.05, 3.63) is 111 Å². The molecule has 2 saturated heterocycles. The van der Waals surface area contributed by atoms with Crippen molar-refractivity contribution in [2.24, 2.45) is 17.8 Å². The number of fused-ring (bicyclic) bond motifs is 3. The molecule has 2 fully saturated rings. The number of methoxy groups -OCH3 is 1. The number of anilines is 1. The van der Waals surface area contributed by atoms with Gasteiger partial charge in [0.15, 0.2) is 0 Å². The summed E-state index contributed by atoms with van der Waals surface area (Å²) in [6.07, 6.45) is 3.63. The second-order valence-corrected chi connectivity index (χ2v) is 11.2. The third-order valence-electron chi connectivity index (χ3n) is 8.68. The van der Waals surface area contributed by atoms with Crippen LogP contribution < -0.4 is 4.90 Å². The van der Waals surface area contributed by atoms with Gasteiger partial charge in [0.1, 0.15) is 5.75 Å². The number of non-ortho nitro benzene ring substituents is 1. The van der Waals surface area contributed by atoms with Crippen LogP contribution in [0.2, 0.25) is 0 Å². The summed E-state index contributed by atoms with van der Waals surface area (Å²) in [7, 11) is 1.62. The molecule has 3 aromatic carbocycles. The molecule has 3 aliphatic rings. The van der Waals surface area contributed by atoms with Gasteiger partial charge in [0.25, 0.3) is 5.69 Å². The van der Waals surface area contributed by atoms with Crippen molar-refractivity contribution in [3.8, 4) is 5.75 Å². The Hall–Kier alpha value is -4.60. The van der Waals surface area contributed by atoms with E-state index >= 15 is 0 Å². The minimum atomic E-state index is -0.589. The van der Waals surface area contributed by atoms with E-state index in [1.54, 1.807) is 25.3 Å². The highest BCUT2D eigenvalue weighted by Crippen LogP contribution is 2.51. The predicted octanol–water partition coefficient (Wildman–Crippen LogP) is 5.79. The van der Waals surface area contributed by atoms with Gasteiger partial charge < -0.3 is 14.6 Å². The van der Waals surface area contributed by atoms with Crippen molar-refractivity contribution in [2.45, 2.75) is 25.4 Å². The minimum absolute atomic E-state index is 0.175. The Kier molecular flexibility index (Phi) is 7.92. The molecule has 1 N–H and O–H groups in total. The van der Waals surface area contributed by atoms with Crippen LogP contribution in [-0.2, 0) is 19.1 Å². The maximum Gasteiger partial charge on any atom is 0.271 e. The van der Waals surface area contributed by atoms with Gasteiger partial charge in [0.05, 0.1) is 41.8 Å². The molecule has 1 aliphatic carbocycles. The summed E-state index contributed by atoms with van der Waals surface area (Å²) in [5.74, 6) is -1.89. The van der Waals surface area contributed by atoms with E-state index < -0.39 is 16.8 Å². The fourth-order valence-electron chi connectivity index (χ4n) is 6.79. The van der Waals surface area contributed by atoms with Crippen LogP contribution in [0, 0.1) is 27.9 Å². The molecule has 0 radical (unpaired) electrons. The highest BCUT2D eigenvalue weighted by Gasteiger charge is 2.57. The topological polar surface area (TPSA) is 119 Å². The molecule has 2 amide bonds. The highest BCUT2D eigenvalue weighted by atomic mass is 16.6. The van der Waals surface area contributed by atoms with E-state index in [0.29, 0.717) is 32.5 Å². The number of aromatic hydroxyl groups is 1. The Morgan fingerprint density at radius 1 is 1.05 bits per heavy atom. The quantitative estimate of drug-likeness (QED) is 0.112. The molecule has 2 heterocycles. The predicted molar refractivity (Wildman–Crippen MR) is 161 cm³/mol. The number of rotatable bonds is 9. The van der Waals surface area contributed by atoms with Crippen LogP contribution in [0.5, 0.6) is 5.75 Å². The van der Waals surface area contributed by atoms with Crippen LogP contribution in [0.15, 0.2) is 90.0 Å². The number of allylic oxidation sites excluding steroid dienone is 1. The van der Waals surface area contributed by atoms with Crippen LogP contribution in [0.1, 0.15) is 30.4 Å². The average molecular weight is 581 g/mol. The van der Waals surface area contributed by atoms with Gasteiger partial charge in [0, 0.05) is 25.2 Å². The molecular formula is C34H32N2O7. The van der Waals surface area contributed by atoms with Gasteiger partial charge in [-0.1, -0.05) is 54.6 Å². The number of phenols is 1. The lowest BCUT2D eigenvalue weighted by molar-refractivity contribution is -0.384. The normalized spacial score (nSPS) is 23.5. The Bertz CT molecular complexity index is 1610. The molecule has 0 unspecified atom stereocenters. The van der Waals surface area contributed by atoms with Crippen molar-refractivity contribution in [3.63, 3.8) is 0 Å². The number of benzene rings is 3. The van der Waals surface area contributed by atoms with Crippen LogP contribution in [-0.4, -0.2) is 48.3 Å².